The van der Waals surface area contributed by atoms with Gasteiger partial charge in [-0.3, -0.25) is 4.79 Å². The molecule has 1 N–H and O–H groups in total. The van der Waals surface area contributed by atoms with Crippen molar-refractivity contribution in [2.45, 2.75) is 13.3 Å². The Hall–Kier alpha value is -2.75. The fraction of sp³-hybridized carbons (Fsp3) is 0.118. The van der Waals surface area contributed by atoms with Gasteiger partial charge in [-0.25, -0.2) is 0 Å². The van der Waals surface area contributed by atoms with Crippen LogP contribution in [0.4, 0.5) is 5.82 Å². The van der Waals surface area contributed by atoms with Crippen molar-refractivity contribution in [2.75, 3.05) is 5.32 Å². The minimum atomic E-state index is -0.0914. The molecule has 2 aromatic carbocycles. The first-order valence-corrected chi connectivity index (χ1v) is 6.79. The van der Waals surface area contributed by atoms with E-state index >= 15 is 0 Å². The van der Waals surface area contributed by atoms with E-state index in [9.17, 15) is 4.79 Å². The molecule has 0 atom stereocenters. The van der Waals surface area contributed by atoms with Crippen molar-refractivity contribution in [1.29, 1.82) is 0 Å². The van der Waals surface area contributed by atoms with Gasteiger partial charge >= 0.3 is 0 Å². The van der Waals surface area contributed by atoms with Crippen molar-refractivity contribution >= 4 is 22.5 Å². The maximum atomic E-state index is 12.2. The third kappa shape index (κ3) is 2.89. The number of carbonyl (C=O) groups excluding carboxylic acids is 1. The van der Waals surface area contributed by atoms with Crippen LogP contribution in [0.15, 0.2) is 54.7 Å². The van der Waals surface area contributed by atoms with Crippen LogP contribution in [-0.2, 0) is 11.2 Å². The number of hydrogen-bond acceptors (Lipinski definition) is 3. The number of anilines is 1. The number of nitrogens with one attached hydrogen (secondary N) is 1. The molecular weight excluding hydrogens is 262 g/mol. The molecule has 0 spiro atoms. The number of nitrogens with zero attached hydrogens (tertiary/aromatic N) is 2. The molecule has 0 aliphatic rings. The molecular formula is C17H15N3O. The van der Waals surface area contributed by atoms with Gasteiger partial charge in [-0.05, 0) is 18.1 Å². The zero-order chi connectivity index (χ0) is 14.7. The Morgan fingerprint density at radius 2 is 1.90 bits per heavy atom. The summed E-state index contributed by atoms with van der Waals surface area (Å²) in [5, 5.41) is 12.8. The van der Waals surface area contributed by atoms with Crippen molar-refractivity contribution in [2.24, 2.45) is 0 Å². The van der Waals surface area contributed by atoms with E-state index in [0.717, 1.165) is 21.9 Å². The minimum Gasteiger partial charge on any atom is -0.308 e. The summed E-state index contributed by atoms with van der Waals surface area (Å²) in [5.41, 5.74) is 2.04. The van der Waals surface area contributed by atoms with Crippen molar-refractivity contribution in [3.63, 3.8) is 0 Å². The van der Waals surface area contributed by atoms with Crippen LogP contribution in [0.5, 0.6) is 0 Å². The van der Waals surface area contributed by atoms with Crippen LogP contribution in [0, 0.1) is 6.92 Å². The second-order valence-electron chi connectivity index (χ2n) is 4.94. The van der Waals surface area contributed by atoms with Crippen LogP contribution in [0.2, 0.25) is 0 Å². The Morgan fingerprint density at radius 3 is 2.71 bits per heavy atom. The zero-order valence-corrected chi connectivity index (χ0v) is 11.7. The van der Waals surface area contributed by atoms with Gasteiger partial charge in [0.2, 0.25) is 5.91 Å². The highest BCUT2D eigenvalue weighted by molar-refractivity contribution is 6.01. The number of rotatable bonds is 3. The molecule has 0 saturated carbocycles. The quantitative estimate of drug-likeness (QED) is 0.800. The van der Waals surface area contributed by atoms with Gasteiger partial charge < -0.3 is 5.32 Å². The molecule has 0 unspecified atom stereocenters. The number of hydrogen-bond donors (Lipinski definition) is 1. The van der Waals surface area contributed by atoms with E-state index in [1.54, 1.807) is 6.20 Å². The Balaban J connectivity index is 1.87. The number of fused-ring (bicyclic) bond motifs is 1. The first-order valence-electron chi connectivity index (χ1n) is 6.79. The maximum Gasteiger partial charge on any atom is 0.230 e. The molecule has 0 saturated heterocycles. The Morgan fingerprint density at radius 1 is 1.10 bits per heavy atom. The number of aryl methyl sites for hydroxylation is 1. The molecule has 4 nitrogen and oxygen atoms in total. The van der Waals surface area contributed by atoms with E-state index in [1.807, 2.05) is 55.5 Å². The molecule has 104 valence electrons. The number of aromatic nitrogens is 2. The van der Waals surface area contributed by atoms with Crippen LogP contribution >= 0.6 is 0 Å². The van der Waals surface area contributed by atoms with E-state index in [0.29, 0.717) is 12.2 Å². The van der Waals surface area contributed by atoms with Crippen LogP contribution in [0.1, 0.15) is 11.1 Å². The van der Waals surface area contributed by atoms with E-state index in [1.165, 1.54) is 0 Å². The average Bonchev–Trinajstić information content (AvgIpc) is 2.48. The molecule has 21 heavy (non-hydrogen) atoms. The number of benzene rings is 2. The topological polar surface area (TPSA) is 54.9 Å². The maximum absolute atomic E-state index is 12.2. The SMILES string of the molecule is Cc1cccc2cnnc(NC(=O)Cc3ccccc3)c12. The molecule has 0 aliphatic heterocycles. The Kier molecular flexibility index (Phi) is 3.60. The predicted molar refractivity (Wildman–Crippen MR) is 83.1 cm³/mol. The highest BCUT2D eigenvalue weighted by Gasteiger charge is 2.10. The van der Waals surface area contributed by atoms with Crippen molar-refractivity contribution in [1.82, 2.24) is 10.2 Å². The third-order valence-corrected chi connectivity index (χ3v) is 3.36. The smallest absolute Gasteiger partial charge is 0.230 e. The highest BCUT2D eigenvalue weighted by Crippen LogP contribution is 2.23. The van der Waals surface area contributed by atoms with E-state index in [4.69, 9.17) is 0 Å². The van der Waals surface area contributed by atoms with Crippen molar-refractivity contribution < 1.29 is 4.79 Å². The lowest BCUT2D eigenvalue weighted by Crippen LogP contribution is -2.16. The van der Waals surface area contributed by atoms with E-state index in [-0.39, 0.29) is 5.91 Å². The zero-order valence-electron chi connectivity index (χ0n) is 11.7. The van der Waals surface area contributed by atoms with Crippen LogP contribution < -0.4 is 5.32 Å². The molecule has 1 amide bonds. The van der Waals surface area contributed by atoms with Crippen LogP contribution in [0.3, 0.4) is 0 Å². The van der Waals surface area contributed by atoms with E-state index < -0.39 is 0 Å². The monoisotopic (exact) mass is 277 g/mol. The van der Waals surface area contributed by atoms with Crippen molar-refractivity contribution in [3.05, 3.63) is 65.9 Å². The van der Waals surface area contributed by atoms with Gasteiger partial charge in [0.05, 0.1) is 12.6 Å². The van der Waals surface area contributed by atoms with Gasteiger partial charge in [0, 0.05) is 10.8 Å². The lowest BCUT2D eigenvalue weighted by Gasteiger charge is -2.09. The first-order chi connectivity index (χ1) is 10.2. The number of carbonyl (C=O) groups is 1. The first kappa shape index (κ1) is 13.2. The molecule has 1 aromatic heterocycles. The summed E-state index contributed by atoms with van der Waals surface area (Å²) < 4.78 is 0. The standard InChI is InChI=1S/C17H15N3O/c1-12-6-5-9-14-11-18-20-17(16(12)14)19-15(21)10-13-7-3-2-4-8-13/h2-9,11H,10H2,1H3,(H,19,20,21). The average molecular weight is 277 g/mol. The second kappa shape index (κ2) is 5.71. The molecule has 0 bridgehead atoms. The molecule has 0 fully saturated rings. The second-order valence-corrected chi connectivity index (χ2v) is 4.94. The van der Waals surface area contributed by atoms with Crippen molar-refractivity contribution in [3.8, 4) is 0 Å². The summed E-state index contributed by atoms with van der Waals surface area (Å²) in [6.45, 7) is 2.00. The lowest BCUT2D eigenvalue weighted by atomic mass is 10.1. The predicted octanol–water partition coefficient (Wildman–Crippen LogP) is 3.12. The molecule has 4 heteroatoms. The molecule has 1 heterocycles. The minimum absolute atomic E-state index is 0.0914. The van der Waals surface area contributed by atoms with Gasteiger partial charge in [-0.1, -0.05) is 48.5 Å². The Labute approximate surface area is 122 Å². The largest absolute Gasteiger partial charge is 0.308 e. The van der Waals surface area contributed by atoms with Gasteiger partial charge in [0.15, 0.2) is 5.82 Å². The van der Waals surface area contributed by atoms with Gasteiger partial charge in [-0.2, -0.15) is 5.10 Å². The number of amides is 1. The van der Waals surface area contributed by atoms with Crippen LogP contribution in [0.25, 0.3) is 10.8 Å². The van der Waals surface area contributed by atoms with Gasteiger partial charge in [-0.15, -0.1) is 5.10 Å². The van der Waals surface area contributed by atoms with Crippen LogP contribution in [-0.4, -0.2) is 16.1 Å². The summed E-state index contributed by atoms with van der Waals surface area (Å²) >= 11 is 0. The summed E-state index contributed by atoms with van der Waals surface area (Å²) in [5.74, 6) is 0.429. The van der Waals surface area contributed by atoms with E-state index in [2.05, 4.69) is 15.5 Å². The summed E-state index contributed by atoms with van der Waals surface area (Å²) in [7, 11) is 0. The summed E-state index contributed by atoms with van der Waals surface area (Å²) in [6, 6.07) is 15.6. The molecule has 0 radical (unpaired) electrons. The van der Waals surface area contributed by atoms with Gasteiger partial charge in [0.25, 0.3) is 0 Å². The normalized spacial score (nSPS) is 10.5. The molecule has 0 aliphatic carbocycles. The fourth-order valence-corrected chi connectivity index (χ4v) is 2.37. The summed E-state index contributed by atoms with van der Waals surface area (Å²) in [6.07, 6.45) is 2.03. The molecule has 3 rings (SSSR count). The third-order valence-electron chi connectivity index (χ3n) is 3.36. The lowest BCUT2D eigenvalue weighted by molar-refractivity contribution is -0.115. The fourth-order valence-electron chi connectivity index (χ4n) is 2.37. The molecule has 3 aromatic rings. The highest BCUT2D eigenvalue weighted by atomic mass is 16.1. The Bertz CT molecular complexity index is 779. The van der Waals surface area contributed by atoms with Gasteiger partial charge in [0.1, 0.15) is 0 Å². The summed E-state index contributed by atoms with van der Waals surface area (Å²) in [4.78, 5) is 12.2.